The molecule has 16 heavy (non-hydrogen) atoms. The topological polar surface area (TPSA) is 49.3 Å². The van der Waals surface area contributed by atoms with Crippen molar-refractivity contribution < 1.29 is 9.90 Å². The molecule has 0 aliphatic carbocycles. The molecular weight excluding hydrogens is 242 g/mol. The van der Waals surface area contributed by atoms with Crippen LogP contribution in [0.1, 0.15) is 15.2 Å². The second kappa shape index (κ2) is 7.34. The zero-order chi connectivity index (χ0) is 11.8. The molecule has 0 saturated heterocycles. The molecule has 1 aromatic rings. The number of thiophene rings is 1. The lowest BCUT2D eigenvalue weighted by Crippen LogP contribution is -2.25. The van der Waals surface area contributed by atoms with Crippen molar-refractivity contribution in [3.63, 3.8) is 0 Å². The van der Waals surface area contributed by atoms with Gasteiger partial charge < -0.3 is 10.4 Å². The van der Waals surface area contributed by atoms with Crippen molar-refractivity contribution >= 4 is 29.0 Å². The van der Waals surface area contributed by atoms with Gasteiger partial charge in [0, 0.05) is 17.9 Å². The maximum absolute atomic E-state index is 11.7. The average molecular weight is 255 g/mol. The predicted molar refractivity (Wildman–Crippen MR) is 69.0 cm³/mol. The molecule has 2 N–H and O–H groups in total. The van der Waals surface area contributed by atoms with Crippen LogP contribution in [-0.4, -0.2) is 36.2 Å². The Morgan fingerprint density at radius 1 is 1.69 bits per heavy atom. The Bertz CT molecular complexity index is 404. The highest BCUT2D eigenvalue weighted by molar-refractivity contribution is 7.98. The molecule has 0 aliphatic heterocycles. The third-order valence-corrected chi connectivity index (χ3v) is 3.29. The van der Waals surface area contributed by atoms with Gasteiger partial charge in [-0.05, 0) is 17.7 Å². The Labute approximate surface area is 103 Å². The Morgan fingerprint density at radius 3 is 3.19 bits per heavy atom. The Hall–Kier alpha value is -0.960. The largest absolute Gasteiger partial charge is 0.384 e. The highest BCUT2D eigenvalue weighted by Crippen LogP contribution is 2.15. The van der Waals surface area contributed by atoms with Gasteiger partial charge in [0.1, 0.15) is 11.5 Å². The summed E-state index contributed by atoms with van der Waals surface area (Å²) in [5.74, 6) is 6.11. The molecule has 86 valence electrons. The molecule has 0 bridgehead atoms. The first-order chi connectivity index (χ1) is 7.79. The molecule has 0 radical (unpaired) electrons. The van der Waals surface area contributed by atoms with Gasteiger partial charge in [-0.1, -0.05) is 11.8 Å². The number of aliphatic hydroxyl groups excluding tert-OH is 1. The van der Waals surface area contributed by atoms with Crippen LogP contribution >= 0.6 is 23.1 Å². The Morgan fingerprint density at radius 2 is 2.50 bits per heavy atom. The lowest BCUT2D eigenvalue weighted by Gasteiger charge is -2.02. The third-order valence-electron chi connectivity index (χ3n) is 1.77. The van der Waals surface area contributed by atoms with Gasteiger partial charge in [-0.15, -0.1) is 11.3 Å². The molecule has 1 heterocycles. The van der Waals surface area contributed by atoms with E-state index in [1.54, 1.807) is 17.8 Å². The van der Waals surface area contributed by atoms with Gasteiger partial charge in [-0.25, -0.2) is 0 Å². The van der Waals surface area contributed by atoms with Gasteiger partial charge in [-0.3, -0.25) is 4.79 Å². The molecule has 1 rings (SSSR count). The number of carbonyl (C=O) groups is 1. The van der Waals surface area contributed by atoms with E-state index in [2.05, 4.69) is 17.2 Å². The molecule has 1 aromatic heterocycles. The maximum atomic E-state index is 11.7. The fourth-order valence-corrected chi connectivity index (χ4v) is 2.14. The van der Waals surface area contributed by atoms with Crippen LogP contribution in [0.4, 0.5) is 0 Å². The highest BCUT2D eigenvalue weighted by atomic mass is 32.2. The van der Waals surface area contributed by atoms with Crippen LogP contribution in [0.5, 0.6) is 0 Å². The quantitative estimate of drug-likeness (QED) is 0.627. The lowest BCUT2D eigenvalue weighted by atomic mass is 10.2. The van der Waals surface area contributed by atoms with Crippen molar-refractivity contribution in [2.24, 2.45) is 0 Å². The van der Waals surface area contributed by atoms with E-state index in [1.807, 2.05) is 11.6 Å². The number of aliphatic hydroxyl groups is 1. The van der Waals surface area contributed by atoms with E-state index in [0.717, 1.165) is 5.75 Å². The van der Waals surface area contributed by atoms with Crippen molar-refractivity contribution in [2.75, 3.05) is 25.2 Å². The van der Waals surface area contributed by atoms with Crippen molar-refractivity contribution in [3.05, 3.63) is 21.9 Å². The highest BCUT2D eigenvalue weighted by Gasteiger charge is 2.10. The summed E-state index contributed by atoms with van der Waals surface area (Å²) in [6, 6.07) is 1.79. The van der Waals surface area contributed by atoms with Gasteiger partial charge in [0.05, 0.1) is 0 Å². The van der Waals surface area contributed by atoms with E-state index in [0.29, 0.717) is 17.0 Å². The van der Waals surface area contributed by atoms with Crippen molar-refractivity contribution in [1.29, 1.82) is 0 Å². The zero-order valence-corrected chi connectivity index (χ0v) is 10.6. The maximum Gasteiger partial charge on any atom is 0.262 e. The van der Waals surface area contributed by atoms with Gasteiger partial charge in [0.25, 0.3) is 5.91 Å². The molecule has 0 aliphatic rings. The molecule has 0 aromatic carbocycles. The Kier molecular flexibility index (Phi) is 6.01. The zero-order valence-electron chi connectivity index (χ0n) is 8.95. The molecule has 5 heteroatoms. The first-order valence-corrected chi connectivity index (χ1v) is 7.01. The molecule has 0 spiro atoms. The number of rotatable bonds is 4. The van der Waals surface area contributed by atoms with Gasteiger partial charge in [-0.2, -0.15) is 11.8 Å². The molecular formula is C11H13NO2S2. The second-order valence-electron chi connectivity index (χ2n) is 2.87. The van der Waals surface area contributed by atoms with Crippen LogP contribution in [0.2, 0.25) is 0 Å². The van der Waals surface area contributed by atoms with Crippen LogP contribution in [-0.2, 0) is 0 Å². The standard InChI is InChI=1S/C11H13NO2S2/c1-15-8-5-12-11(14)10-9(3-2-6-13)4-7-16-10/h4,7,13H,5-6,8H2,1H3,(H,12,14). The SMILES string of the molecule is CSCCNC(=O)c1sccc1C#CCO. The monoisotopic (exact) mass is 255 g/mol. The minimum absolute atomic E-state index is 0.0914. The molecule has 0 saturated carbocycles. The fraction of sp³-hybridized carbons (Fsp3) is 0.364. The van der Waals surface area contributed by atoms with Gasteiger partial charge in [0.2, 0.25) is 0 Å². The summed E-state index contributed by atoms with van der Waals surface area (Å²) in [6.45, 7) is 0.466. The minimum atomic E-state index is -0.191. The van der Waals surface area contributed by atoms with E-state index in [1.165, 1.54) is 11.3 Å². The molecule has 3 nitrogen and oxygen atoms in total. The predicted octanol–water partition coefficient (Wildman–Crippen LogP) is 1.18. The Balaban J connectivity index is 2.64. The minimum Gasteiger partial charge on any atom is -0.384 e. The van der Waals surface area contributed by atoms with Crippen molar-refractivity contribution in [2.45, 2.75) is 0 Å². The van der Waals surface area contributed by atoms with E-state index < -0.39 is 0 Å². The van der Waals surface area contributed by atoms with Crippen molar-refractivity contribution in [1.82, 2.24) is 5.32 Å². The normalized spacial score (nSPS) is 9.38. The van der Waals surface area contributed by atoms with Crippen molar-refractivity contribution in [3.8, 4) is 11.8 Å². The van der Waals surface area contributed by atoms with Crippen LogP contribution in [0.3, 0.4) is 0 Å². The average Bonchev–Trinajstić information content (AvgIpc) is 2.74. The third kappa shape index (κ3) is 3.89. The fourth-order valence-electron chi connectivity index (χ4n) is 1.07. The summed E-state index contributed by atoms with van der Waals surface area (Å²) in [7, 11) is 0. The number of carbonyl (C=O) groups excluding carboxylic acids is 1. The van der Waals surface area contributed by atoms with E-state index >= 15 is 0 Å². The summed E-state index contributed by atoms with van der Waals surface area (Å²) in [4.78, 5) is 12.3. The summed E-state index contributed by atoms with van der Waals surface area (Å²) >= 11 is 3.05. The van der Waals surface area contributed by atoms with E-state index in [4.69, 9.17) is 5.11 Å². The summed E-state index contributed by atoms with van der Waals surface area (Å²) < 4.78 is 0. The summed E-state index contributed by atoms with van der Waals surface area (Å²) in [5.41, 5.74) is 0.681. The first kappa shape index (κ1) is 13.1. The van der Waals surface area contributed by atoms with Crippen LogP contribution in [0.15, 0.2) is 11.4 Å². The number of hydrogen-bond acceptors (Lipinski definition) is 4. The van der Waals surface area contributed by atoms with Gasteiger partial charge >= 0.3 is 0 Å². The molecule has 0 atom stereocenters. The molecule has 0 fully saturated rings. The molecule has 0 unspecified atom stereocenters. The first-order valence-electron chi connectivity index (χ1n) is 4.74. The van der Waals surface area contributed by atoms with E-state index in [-0.39, 0.29) is 12.5 Å². The molecule has 1 amide bonds. The number of amides is 1. The second-order valence-corrected chi connectivity index (χ2v) is 4.77. The smallest absolute Gasteiger partial charge is 0.262 e. The van der Waals surface area contributed by atoms with Gasteiger partial charge in [0.15, 0.2) is 0 Å². The number of nitrogens with one attached hydrogen (secondary N) is 1. The summed E-state index contributed by atoms with van der Waals surface area (Å²) in [6.07, 6.45) is 2.00. The van der Waals surface area contributed by atoms with Crippen LogP contribution in [0.25, 0.3) is 0 Å². The summed E-state index contributed by atoms with van der Waals surface area (Å²) in [5, 5.41) is 13.2. The lowest BCUT2D eigenvalue weighted by molar-refractivity contribution is 0.0960. The number of thioether (sulfide) groups is 1. The van der Waals surface area contributed by atoms with Crippen LogP contribution < -0.4 is 5.32 Å². The van der Waals surface area contributed by atoms with Crippen LogP contribution in [0, 0.1) is 11.8 Å². The number of hydrogen-bond donors (Lipinski definition) is 2. The van der Waals surface area contributed by atoms with E-state index in [9.17, 15) is 4.79 Å².